The summed E-state index contributed by atoms with van der Waals surface area (Å²) in [7, 11) is 0. The predicted molar refractivity (Wildman–Crippen MR) is 210 cm³/mol. The van der Waals surface area contributed by atoms with Crippen LogP contribution in [0, 0.1) is 0 Å². The van der Waals surface area contributed by atoms with E-state index in [9.17, 15) is 0 Å². The molecule has 2 unspecified atom stereocenters. The third-order valence-corrected chi connectivity index (χ3v) is 11.1. The molecule has 0 fully saturated rings. The number of rotatable bonds is 4. The lowest BCUT2D eigenvalue weighted by atomic mass is 9.78. The molecule has 11 rings (SSSR count). The molecule has 2 nitrogen and oxygen atoms in total. The summed E-state index contributed by atoms with van der Waals surface area (Å²) in [5.74, 6) is 0.195. The minimum Gasteiger partial charge on any atom is -0.329 e. The van der Waals surface area contributed by atoms with E-state index in [-0.39, 0.29) is 12.0 Å². The molecule has 234 valence electrons. The number of aromatic nitrogens is 1. The lowest BCUT2D eigenvalue weighted by Gasteiger charge is -2.40. The maximum atomic E-state index is 2.65. The molecular formula is C48H32N2. The molecule has 0 spiro atoms. The van der Waals surface area contributed by atoms with Crippen LogP contribution in [-0.2, 0) is 0 Å². The zero-order chi connectivity index (χ0) is 32.8. The Labute approximate surface area is 291 Å². The van der Waals surface area contributed by atoms with Gasteiger partial charge in [-0.05, 0) is 80.4 Å². The first kappa shape index (κ1) is 27.6. The third kappa shape index (κ3) is 3.79. The monoisotopic (exact) mass is 636 g/mol. The molecule has 3 heterocycles. The van der Waals surface area contributed by atoms with E-state index >= 15 is 0 Å². The number of hydrogen-bond acceptors (Lipinski definition) is 1. The molecular weight excluding hydrogens is 605 g/mol. The van der Waals surface area contributed by atoms with Crippen LogP contribution in [0.15, 0.2) is 182 Å². The molecule has 50 heavy (non-hydrogen) atoms. The van der Waals surface area contributed by atoms with Gasteiger partial charge in [-0.1, -0.05) is 152 Å². The first-order valence-electron chi connectivity index (χ1n) is 17.5. The third-order valence-electron chi connectivity index (χ3n) is 11.1. The van der Waals surface area contributed by atoms with Crippen LogP contribution in [0.2, 0.25) is 0 Å². The summed E-state index contributed by atoms with van der Waals surface area (Å²) in [4.78, 5) is 2.65. The van der Waals surface area contributed by atoms with E-state index in [4.69, 9.17) is 0 Å². The summed E-state index contributed by atoms with van der Waals surface area (Å²) >= 11 is 0. The Bertz CT molecular complexity index is 2710. The second-order valence-electron chi connectivity index (χ2n) is 13.6. The summed E-state index contributed by atoms with van der Waals surface area (Å²) in [6.07, 6.45) is 4.81. The second kappa shape index (κ2) is 10.6. The van der Waals surface area contributed by atoms with E-state index in [0.717, 1.165) is 0 Å². The number of hydrogen-bond donors (Lipinski definition) is 0. The normalized spacial score (nSPS) is 17.0. The van der Waals surface area contributed by atoms with Crippen molar-refractivity contribution in [3.8, 4) is 33.4 Å². The van der Waals surface area contributed by atoms with Gasteiger partial charge in [0.1, 0.15) is 0 Å². The number of anilines is 2. The van der Waals surface area contributed by atoms with E-state index in [1.807, 2.05) is 0 Å². The van der Waals surface area contributed by atoms with Gasteiger partial charge >= 0.3 is 0 Å². The van der Waals surface area contributed by atoms with Crippen molar-refractivity contribution >= 4 is 44.5 Å². The Balaban J connectivity index is 1.19. The molecule has 2 heteroatoms. The fourth-order valence-electron chi connectivity index (χ4n) is 9.08. The van der Waals surface area contributed by atoms with E-state index < -0.39 is 0 Å². The van der Waals surface area contributed by atoms with Crippen molar-refractivity contribution in [3.05, 3.63) is 193 Å². The first-order valence-corrected chi connectivity index (χ1v) is 17.5. The minimum atomic E-state index is 0.141. The summed E-state index contributed by atoms with van der Waals surface area (Å²) in [5, 5.41) is 2.60. The standard InChI is InChI=1S/C48H32N2/c1-3-14-31(15-4-1)33-18-13-19-34(30-33)36-26-28-43-47-45(36)39-22-9-11-24-41(39)49(47)44-29-27-38(46-40-23-10-12-25-42(40)50(43)48(44)46)37-21-8-7-20-35(37)32-16-5-2-6-17-32/h1-30,45,47H. The minimum absolute atomic E-state index is 0.141. The van der Waals surface area contributed by atoms with Crippen molar-refractivity contribution in [1.82, 2.24) is 4.57 Å². The van der Waals surface area contributed by atoms with E-state index in [2.05, 4.69) is 191 Å². The van der Waals surface area contributed by atoms with Crippen LogP contribution in [0.4, 0.5) is 11.4 Å². The molecule has 0 saturated heterocycles. The van der Waals surface area contributed by atoms with Crippen LogP contribution < -0.4 is 4.90 Å². The molecule has 0 saturated carbocycles. The van der Waals surface area contributed by atoms with Gasteiger partial charge in [0.15, 0.2) is 0 Å². The van der Waals surface area contributed by atoms with Gasteiger partial charge < -0.3 is 9.47 Å². The number of para-hydroxylation sites is 2. The van der Waals surface area contributed by atoms with Gasteiger partial charge in [-0.15, -0.1) is 0 Å². The van der Waals surface area contributed by atoms with Gasteiger partial charge in [-0.2, -0.15) is 0 Å². The Morgan fingerprint density at radius 3 is 1.98 bits per heavy atom. The van der Waals surface area contributed by atoms with Crippen LogP contribution in [0.3, 0.4) is 0 Å². The van der Waals surface area contributed by atoms with Gasteiger partial charge in [0.2, 0.25) is 0 Å². The van der Waals surface area contributed by atoms with Gasteiger partial charge in [0.05, 0.1) is 22.8 Å². The van der Waals surface area contributed by atoms with Crippen molar-refractivity contribution < 1.29 is 0 Å². The summed E-state index contributed by atoms with van der Waals surface area (Å²) < 4.78 is 2.59. The molecule has 1 aromatic heterocycles. The van der Waals surface area contributed by atoms with Gasteiger partial charge in [-0.25, -0.2) is 0 Å². The molecule has 8 aromatic rings. The van der Waals surface area contributed by atoms with Crippen molar-refractivity contribution in [1.29, 1.82) is 0 Å². The highest BCUT2D eigenvalue weighted by Gasteiger charge is 2.48. The highest BCUT2D eigenvalue weighted by Crippen LogP contribution is 2.60. The van der Waals surface area contributed by atoms with Crippen LogP contribution in [0.1, 0.15) is 17.0 Å². The molecule has 0 radical (unpaired) electrons. The maximum Gasteiger partial charge on any atom is 0.0857 e. The predicted octanol–water partition coefficient (Wildman–Crippen LogP) is 12.4. The Morgan fingerprint density at radius 1 is 0.440 bits per heavy atom. The fourth-order valence-corrected chi connectivity index (χ4v) is 9.08. The zero-order valence-corrected chi connectivity index (χ0v) is 27.4. The number of allylic oxidation sites excluding steroid dienone is 2. The molecule has 0 N–H and O–H groups in total. The summed E-state index contributed by atoms with van der Waals surface area (Å²) in [5.41, 5.74) is 18.0. The Kier molecular flexibility index (Phi) is 5.82. The zero-order valence-electron chi connectivity index (χ0n) is 27.4. The average Bonchev–Trinajstić information content (AvgIpc) is 3.73. The van der Waals surface area contributed by atoms with Crippen molar-refractivity contribution in [3.63, 3.8) is 0 Å². The van der Waals surface area contributed by atoms with Crippen molar-refractivity contribution in [2.45, 2.75) is 12.0 Å². The topological polar surface area (TPSA) is 8.17 Å². The van der Waals surface area contributed by atoms with Crippen LogP contribution in [0.5, 0.6) is 0 Å². The van der Waals surface area contributed by atoms with E-state index in [1.54, 1.807) is 0 Å². The lowest BCUT2D eigenvalue weighted by Crippen LogP contribution is -2.38. The van der Waals surface area contributed by atoms with Crippen LogP contribution in [-0.4, -0.2) is 10.6 Å². The second-order valence-corrected chi connectivity index (χ2v) is 13.6. The molecule has 0 amide bonds. The number of fused-ring (bicyclic) bond motifs is 8. The molecule has 0 bridgehead atoms. The Hall–Kier alpha value is -6.38. The molecule has 7 aromatic carbocycles. The Morgan fingerprint density at radius 2 is 1.12 bits per heavy atom. The number of nitrogens with zero attached hydrogens (tertiary/aromatic N) is 2. The molecule has 1 aliphatic carbocycles. The highest BCUT2D eigenvalue weighted by molar-refractivity contribution is 6.22. The molecule has 3 aliphatic rings. The average molecular weight is 637 g/mol. The van der Waals surface area contributed by atoms with Gasteiger partial charge in [-0.3, -0.25) is 0 Å². The smallest absolute Gasteiger partial charge is 0.0857 e. The van der Waals surface area contributed by atoms with Crippen LogP contribution >= 0.6 is 0 Å². The maximum absolute atomic E-state index is 2.65. The summed E-state index contributed by atoms with van der Waals surface area (Å²) in [6, 6.07) is 62.5. The fraction of sp³-hybridized carbons (Fsp3) is 0.0417. The largest absolute Gasteiger partial charge is 0.329 e. The summed E-state index contributed by atoms with van der Waals surface area (Å²) in [6.45, 7) is 0. The lowest BCUT2D eigenvalue weighted by molar-refractivity contribution is 0.737. The highest BCUT2D eigenvalue weighted by atomic mass is 15.3. The van der Waals surface area contributed by atoms with Crippen molar-refractivity contribution in [2.24, 2.45) is 0 Å². The quantitative estimate of drug-likeness (QED) is 0.187. The number of benzene rings is 7. The van der Waals surface area contributed by atoms with Gasteiger partial charge in [0, 0.05) is 28.1 Å². The van der Waals surface area contributed by atoms with Crippen LogP contribution in [0.25, 0.3) is 66.5 Å². The molecule has 2 atom stereocenters. The molecule has 2 aliphatic heterocycles. The van der Waals surface area contributed by atoms with Crippen molar-refractivity contribution in [2.75, 3.05) is 4.90 Å². The SMILES string of the molecule is C1=C(c2cccc(-c3ccccc3)c2)C2c3ccccc3N3c4ccc(-c5ccccc5-c5ccccc5)c5c6ccccc6n(c45)C(=C1)C23. The van der Waals surface area contributed by atoms with E-state index in [1.165, 1.54) is 89.0 Å². The van der Waals surface area contributed by atoms with Gasteiger partial charge in [0.25, 0.3) is 0 Å². The van der Waals surface area contributed by atoms with E-state index in [0.29, 0.717) is 0 Å². The first-order chi connectivity index (χ1) is 24.8.